The molecule has 92 valence electrons. The largest absolute Gasteiger partial charge is 0.340 e. The average Bonchev–Trinajstić information content (AvgIpc) is 2.86. The Bertz CT molecular complexity index is 599. The fraction of sp³-hybridized carbons (Fsp3) is 0.308. The number of amides is 2. The van der Waals surface area contributed by atoms with Crippen molar-refractivity contribution in [1.82, 2.24) is 14.9 Å². The number of carbonyl (C=O) groups excluding carboxylic acids is 2. The molecule has 0 saturated carbocycles. The molecule has 0 aliphatic carbocycles. The summed E-state index contributed by atoms with van der Waals surface area (Å²) in [4.78, 5) is 32.2. The number of H-pyrrole nitrogens is 1. The van der Waals surface area contributed by atoms with Crippen LogP contribution in [0.2, 0.25) is 0 Å². The molecular formula is C13H13N3O2. The summed E-state index contributed by atoms with van der Waals surface area (Å²) in [7, 11) is 0. The standard InChI is InChI=1S/C13H13N3O2/c1-8-6-12(17)16(13(8)18)7-11-14-9-4-2-3-5-10(9)15-11/h2-5,8H,6-7H2,1H3,(H,14,15). The van der Waals surface area contributed by atoms with E-state index in [1.54, 1.807) is 6.92 Å². The number of nitrogens with zero attached hydrogens (tertiary/aromatic N) is 2. The van der Waals surface area contributed by atoms with Gasteiger partial charge in [0, 0.05) is 12.3 Å². The van der Waals surface area contributed by atoms with Crippen LogP contribution in [0.4, 0.5) is 0 Å². The first-order valence-electron chi connectivity index (χ1n) is 5.93. The van der Waals surface area contributed by atoms with Crippen molar-refractivity contribution in [2.45, 2.75) is 19.9 Å². The summed E-state index contributed by atoms with van der Waals surface area (Å²) >= 11 is 0. The van der Waals surface area contributed by atoms with Gasteiger partial charge < -0.3 is 4.98 Å². The van der Waals surface area contributed by atoms with Crippen LogP contribution in [0.15, 0.2) is 24.3 Å². The molecule has 1 fully saturated rings. The highest BCUT2D eigenvalue weighted by Gasteiger charge is 2.35. The SMILES string of the molecule is CC1CC(=O)N(Cc2nc3ccccc3[nH]2)C1=O. The van der Waals surface area contributed by atoms with E-state index >= 15 is 0 Å². The van der Waals surface area contributed by atoms with Crippen LogP contribution < -0.4 is 0 Å². The van der Waals surface area contributed by atoms with Crippen LogP contribution in [0.25, 0.3) is 11.0 Å². The number of para-hydroxylation sites is 2. The van der Waals surface area contributed by atoms with Gasteiger partial charge in [0.15, 0.2) is 0 Å². The molecule has 5 heteroatoms. The number of hydrogen-bond acceptors (Lipinski definition) is 3. The molecule has 1 saturated heterocycles. The van der Waals surface area contributed by atoms with Crippen molar-refractivity contribution >= 4 is 22.8 Å². The second-order valence-corrected chi connectivity index (χ2v) is 4.62. The van der Waals surface area contributed by atoms with Crippen molar-refractivity contribution < 1.29 is 9.59 Å². The smallest absolute Gasteiger partial charge is 0.232 e. The zero-order valence-corrected chi connectivity index (χ0v) is 10.0. The van der Waals surface area contributed by atoms with E-state index in [4.69, 9.17) is 0 Å². The summed E-state index contributed by atoms with van der Waals surface area (Å²) in [6.45, 7) is 2.01. The first-order chi connectivity index (χ1) is 8.65. The number of rotatable bonds is 2. The maximum absolute atomic E-state index is 11.8. The van der Waals surface area contributed by atoms with E-state index < -0.39 is 0 Å². The molecular weight excluding hydrogens is 230 g/mol. The van der Waals surface area contributed by atoms with Gasteiger partial charge in [0.25, 0.3) is 0 Å². The van der Waals surface area contributed by atoms with Crippen molar-refractivity contribution in [3.05, 3.63) is 30.1 Å². The summed E-state index contributed by atoms with van der Waals surface area (Å²) in [5.41, 5.74) is 1.76. The van der Waals surface area contributed by atoms with Crippen molar-refractivity contribution in [2.75, 3.05) is 0 Å². The summed E-state index contributed by atoms with van der Waals surface area (Å²) in [5.74, 6) is 0.210. The predicted molar refractivity (Wildman–Crippen MR) is 65.4 cm³/mol. The van der Waals surface area contributed by atoms with Gasteiger partial charge in [0.05, 0.1) is 17.6 Å². The molecule has 0 spiro atoms. The third kappa shape index (κ3) is 1.68. The van der Waals surface area contributed by atoms with Gasteiger partial charge in [-0.2, -0.15) is 0 Å². The van der Waals surface area contributed by atoms with Crippen LogP contribution in [-0.4, -0.2) is 26.7 Å². The number of hydrogen-bond donors (Lipinski definition) is 1. The quantitative estimate of drug-likeness (QED) is 0.812. The highest BCUT2D eigenvalue weighted by Crippen LogP contribution is 2.21. The molecule has 2 amide bonds. The third-order valence-corrected chi connectivity index (χ3v) is 3.22. The van der Waals surface area contributed by atoms with E-state index in [2.05, 4.69) is 9.97 Å². The Hall–Kier alpha value is -2.17. The molecule has 2 aromatic rings. The van der Waals surface area contributed by atoms with Gasteiger partial charge in [-0.1, -0.05) is 19.1 Å². The Morgan fingerprint density at radius 1 is 1.39 bits per heavy atom. The van der Waals surface area contributed by atoms with Gasteiger partial charge >= 0.3 is 0 Å². The molecule has 1 aliphatic rings. The van der Waals surface area contributed by atoms with Crippen molar-refractivity contribution in [2.24, 2.45) is 5.92 Å². The highest BCUT2D eigenvalue weighted by atomic mass is 16.2. The fourth-order valence-electron chi connectivity index (χ4n) is 2.24. The second-order valence-electron chi connectivity index (χ2n) is 4.62. The second kappa shape index (κ2) is 3.94. The molecule has 5 nitrogen and oxygen atoms in total. The monoisotopic (exact) mass is 243 g/mol. The number of aromatic amines is 1. The van der Waals surface area contributed by atoms with Gasteiger partial charge in [-0.3, -0.25) is 14.5 Å². The first kappa shape index (κ1) is 11.0. The number of imide groups is 1. The van der Waals surface area contributed by atoms with Gasteiger partial charge in [-0.25, -0.2) is 4.98 Å². The van der Waals surface area contributed by atoms with Crippen LogP contribution in [0.3, 0.4) is 0 Å². The number of benzene rings is 1. The van der Waals surface area contributed by atoms with E-state index in [0.717, 1.165) is 11.0 Å². The zero-order chi connectivity index (χ0) is 12.7. The Balaban J connectivity index is 1.88. The third-order valence-electron chi connectivity index (χ3n) is 3.22. The van der Waals surface area contributed by atoms with Gasteiger partial charge in [-0.05, 0) is 12.1 Å². The van der Waals surface area contributed by atoms with Crippen LogP contribution in [0, 0.1) is 5.92 Å². The Morgan fingerprint density at radius 2 is 2.17 bits per heavy atom. The number of fused-ring (bicyclic) bond motifs is 1. The molecule has 2 heterocycles. The molecule has 1 aromatic heterocycles. The maximum atomic E-state index is 11.8. The van der Waals surface area contributed by atoms with E-state index in [9.17, 15) is 9.59 Å². The lowest BCUT2D eigenvalue weighted by Gasteiger charge is -2.11. The summed E-state index contributed by atoms with van der Waals surface area (Å²) in [5, 5.41) is 0. The number of likely N-dealkylation sites (tertiary alicyclic amines) is 1. The molecule has 0 bridgehead atoms. The van der Waals surface area contributed by atoms with Crippen LogP contribution in [0.5, 0.6) is 0 Å². The average molecular weight is 243 g/mol. The number of aromatic nitrogens is 2. The minimum atomic E-state index is -0.207. The summed E-state index contributed by atoms with van der Waals surface area (Å²) in [6.07, 6.45) is 0.305. The lowest BCUT2D eigenvalue weighted by Crippen LogP contribution is -2.30. The molecule has 1 N–H and O–H groups in total. The van der Waals surface area contributed by atoms with E-state index in [0.29, 0.717) is 12.2 Å². The lowest BCUT2D eigenvalue weighted by molar-refractivity contribution is -0.140. The molecule has 0 radical (unpaired) electrons. The molecule has 1 aliphatic heterocycles. The molecule has 3 rings (SSSR count). The summed E-state index contributed by atoms with van der Waals surface area (Å²) in [6, 6.07) is 7.63. The Labute approximate surface area is 104 Å². The minimum absolute atomic E-state index is 0.111. The zero-order valence-electron chi connectivity index (χ0n) is 10.0. The number of nitrogens with one attached hydrogen (secondary N) is 1. The summed E-state index contributed by atoms with van der Waals surface area (Å²) < 4.78 is 0. The predicted octanol–water partition coefficient (Wildman–Crippen LogP) is 1.46. The van der Waals surface area contributed by atoms with E-state index in [1.807, 2.05) is 24.3 Å². The topological polar surface area (TPSA) is 66.1 Å². The van der Waals surface area contributed by atoms with E-state index in [-0.39, 0.29) is 24.3 Å². The first-order valence-corrected chi connectivity index (χ1v) is 5.93. The Kier molecular flexibility index (Phi) is 2.40. The van der Waals surface area contributed by atoms with Crippen LogP contribution >= 0.6 is 0 Å². The molecule has 1 unspecified atom stereocenters. The minimum Gasteiger partial charge on any atom is -0.340 e. The van der Waals surface area contributed by atoms with Crippen LogP contribution in [-0.2, 0) is 16.1 Å². The van der Waals surface area contributed by atoms with Gasteiger partial charge in [0.2, 0.25) is 11.8 Å². The fourth-order valence-corrected chi connectivity index (χ4v) is 2.24. The number of carbonyl (C=O) groups is 2. The van der Waals surface area contributed by atoms with Crippen molar-refractivity contribution in [3.8, 4) is 0 Å². The molecule has 1 atom stereocenters. The van der Waals surface area contributed by atoms with Crippen molar-refractivity contribution in [1.29, 1.82) is 0 Å². The van der Waals surface area contributed by atoms with E-state index in [1.165, 1.54) is 4.90 Å². The van der Waals surface area contributed by atoms with Crippen molar-refractivity contribution in [3.63, 3.8) is 0 Å². The highest BCUT2D eigenvalue weighted by molar-refractivity contribution is 6.03. The van der Waals surface area contributed by atoms with Gasteiger partial charge in [0.1, 0.15) is 5.82 Å². The molecule has 18 heavy (non-hydrogen) atoms. The maximum Gasteiger partial charge on any atom is 0.232 e. The lowest BCUT2D eigenvalue weighted by atomic mass is 10.1. The Morgan fingerprint density at radius 3 is 2.83 bits per heavy atom. The van der Waals surface area contributed by atoms with Crippen LogP contribution in [0.1, 0.15) is 19.2 Å². The molecule has 1 aromatic carbocycles. The normalized spacial score (nSPS) is 20.1. The van der Waals surface area contributed by atoms with Gasteiger partial charge in [-0.15, -0.1) is 0 Å². The number of imidazole rings is 1.